The molecule has 1 aromatic rings. The van der Waals surface area contributed by atoms with Crippen molar-refractivity contribution >= 4 is 21.8 Å². The van der Waals surface area contributed by atoms with Gasteiger partial charge in [0.25, 0.3) is 0 Å². The van der Waals surface area contributed by atoms with Gasteiger partial charge in [0.05, 0.1) is 4.90 Å². The second-order valence-corrected chi connectivity index (χ2v) is 4.55. The summed E-state index contributed by atoms with van der Waals surface area (Å²) >= 11 is 0. The number of carbonyl (C=O) groups is 1. The Labute approximate surface area is 76.3 Å². The van der Waals surface area contributed by atoms with Crippen LogP contribution >= 0.6 is 0 Å². The number of nitrogens with two attached hydrogens (primary N) is 1. The number of carbonyl (C=O) groups excluding carboxylic acids is 1. The normalized spacial score (nSPS) is 11.1. The minimum absolute atomic E-state index is 0.0830. The van der Waals surface area contributed by atoms with E-state index in [0.717, 1.165) is 0 Å². The topological polar surface area (TPSA) is 77.2 Å². The monoisotopic (exact) mass is 199 g/mol. The van der Waals surface area contributed by atoms with E-state index in [1.165, 1.54) is 18.2 Å². The van der Waals surface area contributed by atoms with E-state index in [9.17, 15) is 13.2 Å². The fourth-order valence-electron chi connectivity index (χ4n) is 0.894. The van der Waals surface area contributed by atoms with Crippen molar-refractivity contribution in [3.8, 4) is 0 Å². The predicted molar refractivity (Wildman–Crippen MR) is 49.0 cm³/mol. The zero-order chi connectivity index (χ0) is 9.90. The second-order valence-electron chi connectivity index (χ2n) is 2.52. The Morgan fingerprint density at radius 1 is 1.38 bits per heavy atom. The molecule has 0 saturated carbocycles. The van der Waals surface area contributed by atoms with Crippen molar-refractivity contribution < 1.29 is 13.2 Å². The first-order valence-corrected chi connectivity index (χ1v) is 5.23. The first-order valence-electron chi connectivity index (χ1n) is 3.58. The highest BCUT2D eigenvalue weighted by Crippen LogP contribution is 2.13. The Morgan fingerprint density at radius 2 is 2.08 bits per heavy atom. The van der Waals surface area contributed by atoms with Gasteiger partial charge in [-0.3, -0.25) is 0 Å². The van der Waals surface area contributed by atoms with Crippen molar-refractivity contribution in [3.63, 3.8) is 0 Å². The molecular weight excluding hydrogens is 190 g/mol. The van der Waals surface area contributed by atoms with E-state index in [0.29, 0.717) is 12.0 Å². The molecule has 1 rings (SSSR count). The van der Waals surface area contributed by atoms with E-state index in [2.05, 4.69) is 0 Å². The number of nitrogen functional groups attached to an aromatic ring is 1. The Balaban J connectivity index is 3.15. The molecule has 0 unspecified atom stereocenters. The molecule has 4 nitrogen and oxygen atoms in total. The highest BCUT2D eigenvalue weighted by atomic mass is 32.2. The van der Waals surface area contributed by atoms with Crippen LogP contribution in [0.3, 0.4) is 0 Å². The van der Waals surface area contributed by atoms with Crippen molar-refractivity contribution in [3.05, 3.63) is 24.3 Å². The minimum Gasteiger partial charge on any atom is -0.399 e. The molecule has 0 bridgehead atoms. The lowest BCUT2D eigenvalue weighted by Crippen LogP contribution is -2.07. The van der Waals surface area contributed by atoms with Gasteiger partial charge in [-0.25, -0.2) is 8.42 Å². The van der Waals surface area contributed by atoms with E-state index in [1.54, 1.807) is 6.07 Å². The summed E-state index contributed by atoms with van der Waals surface area (Å²) in [7, 11) is -3.48. The highest BCUT2D eigenvalue weighted by Gasteiger charge is 2.12. The summed E-state index contributed by atoms with van der Waals surface area (Å²) in [6, 6.07) is 5.86. The van der Waals surface area contributed by atoms with Gasteiger partial charge in [0.2, 0.25) is 0 Å². The number of hydrogen-bond donors (Lipinski definition) is 1. The lowest BCUT2D eigenvalue weighted by Gasteiger charge is -2.00. The Hall–Kier alpha value is -1.36. The van der Waals surface area contributed by atoms with Crippen LogP contribution in [-0.4, -0.2) is 20.5 Å². The van der Waals surface area contributed by atoms with Gasteiger partial charge in [-0.15, -0.1) is 0 Å². The van der Waals surface area contributed by atoms with Crippen molar-refractivity contribution in [2.45, 2.75) is 4.90 Å². The maximum atomic E-state index is 11.3. The Morgan fingerprint density at radius 3 is 2.62 bits per heavy atom. The van der Waals surface area contributed by atoms with E-state index >= 15 is 0 Å². The van der Waals surface area contributed by atoms with Gasteiger partial charge in [0, 0.05) is 5.69 Å². The standard InChI is InChI=1S/C8H9NO3S/c9-7-2-1-3-8(6-7)13(11,12)5-4-10/h1-4,6H,5,9H2. The summed E-state index contributed by atoms with van der Waals surface area (Å²) in [5.74, 6) is -0.504. The Bertz CT molecular complexity index is 411. The number of rotatable bonds is 3. The van der Waals surface area contributed by atoms with Crippen molar-refractivity contribution in [1.29, 1.82) is 0 Å². The lowest BCUT2D eigenvalue weighted by molar-refractivity contribution is -0.105. The van der Waals surface area contributed by atoms with Gasteiger partial charge in [-0.1, -0.05) is 6.07 Å². The van der Waals surface area contributed by atoms with Crippen LogP contribution in [0.1, 0.15) is 0 Å². The van der Waals surface area contributed by atoms with Gasteiger partial charge in [-0.05, 0) is 18.2 Å². The fourth-order valence-corrected chi connectivity index (χ4v) is 1.87. The van der Waals surface area contributed by atoms with Gasteiger partial charge in [-0.2, -0.15) is 0 Å². The molecule has 0 heterocycles. The molecule has 0 fully saturated rings. The summed E-state index contributed by atoms with van der Waals surface area (Å²) in [5.41, 5.74) is 5.77. The molecule has 0 radical (unpaired) electrons. The third-order valence-electron chi connectivity index (χ3n) is 1.50. The molecule has 0 atom stereocenters. The molecule has 0 aliphatic heterocycles. The van der Waals surface area contributed by atoms with E-state index in [1.807, 2.05) is 0 Å². The van der Waals surface area contributed by atoms with Crippen LogP contribution < -0.4 is 5.73 Å². The van der Waals surface area contributed by atoms with Crippen LogP contribution in [0.4, 0.5) is 5.69 Å². The lowest BCUT2D eigenvalue weighted by atomic mass is 10.3. The Kier molecular flexibility index (Phi) is 2.67. The second kappa shape index (κ2) is 3.57. The van der Waals surface area contributed by atoms with E-state index in [4.69, 9.17) is 5.73 Å². The zero-order valence-corrected chi connectivity index (χ0v) is 7.62. The molecule has 1 aromatic carbocycles. The van der Waals surface area contributed by atoms with Crippen LogP contribution in [-0.2, 0) is 14.6 Å². The minimum atomic E-state index is -3.48. The van der Waals surface area contributed by atoms with E-state index < -0.39 is 15.6 Å². The third kappa shape index (κ3) is 2.29. The molecule has 0 saturated heterocycles. The summed E-state index contributed by atoms with van der Waals surface area (Å²) in [6.45, 7) is 0. The largest absolute Gasteiger partial charge is 0.399 e. The van der Waals surface area contributed by atoms with Crippen LogP contribution in [0.15, 0.2) is 29.2 Å². The average Bonchev–Trinajstić information content (AvgIpc) is 2.04. The average molecular weight is 199 g/mol. The number of benzene rings is 1. The van der Waals surface area contributed by atoms with Crippen molar-refractivity contribution in [1.82, 2.24) is 0 Å². The number of sulfone groups is 1. The van der Waals surface area contributed by atoms with Gasteiger partial charge < -0.3 is 10.5 Å². The first-order chi connectivity index (χ1) is 6.06. The number of hydrogen-bond acceptors (Lipinski definition) is 4. The molecule has 70 valence electrons. The SMILES string of the molecule is Nc1cccc(S(=O)(=O)CC=O)c1. The number of aldehydes is 1. The molecule has 0 aliphatic carbocycles. The van der Waals surface area contributed by atoms with Gasteiger partial charge in [0.1, 0.15) is 12.0 Å². The maximum Gasteiger partial charge on any atom is 0.185 e. The molecule has 5 heteroatoms. The molecule has 0 aliphatic rings. The third-order valence-corrected chi connectivity index (χ3v) is 3.05. The molecule has 0 aromatic heterocycles. The molecule has 13 heavy (non-hydrogen) atoms. The summed E-state index contributed by atoms with van der Waals surface area (Å²) < 4.78 is 22.6. The number of anilines is 1. The first kappa shape index (κ1) is 9.73. The van der Waals surface area contributed by atoms with Gasteiger partial charge in [0.15, 0.2) is 9.84 Å². The quantitative estimate of drug-likeness (QED) is 0.559. The van der Waals surface area contributed by atoms with Crippen LogP contribution in [0, 0.1) is 0 Å². The van der Waals surface area contributed by atoms with Crippen LogP contribution in [0.25, 0.3) is 0 Å². The van der Waals surface area contributed by atoms with Crippen LogP contribution in [0.2, 0.25) is 0 Å². The highest BCUT2D eigenvalue weighted by molar-refractivity contribution is 7.92. The van der Waals surface area contributed by atoms with E-state index in [-0.39, 0.29) is 4.90 Å². The summed E-state index contributed by atoms with van der Waals surface area (Å²) in [4.78, 5) is 10.2. The van der Waals surface area contributed by atoms with Crippen molar-refractivity contribution in [2.24, 2.45) is 0 Å². The molecule has 0 amide bonds. The zero-order valence-electron chi connectivity index (χ0n) is 6.80. The molecular formula is C8H9NO3S. The maximum absolute atomic E-state index is 11.3. The summed E-state index contributed by atoms with van der Waals surface area (Å²) in [5, 5.41) is 0. The molecule has 0 spiro atoms. The summed E-state index contributed by atoms with van der Waals surface area (Å²) in [6.07, 6.45) is 0.360. The molecule has 2 N–H and O–H groups in total. The smallest absolute Gasteiger partial charge is 0.185 e. The van der Waals surface area contributed by atoms with Crippen molar-refractivity contribution in [2.75, 3.05) is 11.5 Å². The van der Waals surface area contributed by atoms with Crippen LogP contribution in [0.5, 0.6) is 0 Å². The predicted octanol–water partition coefficient (Wildman–Crippen LogP) is 0.241. The fraction of sp³-hybridized carbons (Fsp3) is 0.125. The van der Waals surface area contributed by atoms with Gasteiger partial charge >= 0.3 is 0 Å².